The SMILES string of the molecule is Cc1ccc2oc(C(C)(C)CC(C)N)cc2c1. The number of furan rings is 1. The molecule has 2 aromatic rings. The first-order chi connectivity index (χ1) is 7.88. The molecule has 1 unspecified atom stereocenters. The molecule has 1 aromatic carbocycles. The topological polar surface area (TPSA) is 39.2 Å². The molecule has 2 heteroatoms. The zero-order valence-electron chi connectivity index (χ0n) is 11.1. The van der Waals surface area contributed by atoms with E-state index in [2.05, 4.69) is 39.0 Å². The van der Waals surface area contributed by atoms with Gasteiger partial charge in [-0.2, -0.15) is 0 Å². The number of hydrogen-bond acceptors (Lipinski definition) is 2. The third kappa shape index (κ3) is 2.52. The molecule has 17 heavy (non-hydrogen) atoms. The van der Waals surface area contributed by atoms with Gasteiger partial charge in [-0.05, 0) is 38.5 Å². The van der Waals surface area contributed by atoms with Crippen LogP contribution in [0.25, 0.3) is 11.0 Å². The summed E-state index contributed by atoms with van der Waals surface area (Å²) in [6, 6.07) is 8.60. The molecule has 2 rings (SSSR count). The Bertz CT molecular complexity index is 523. The van der Waals surface area contributed by atoms with E-state index in [1.165, 1.54) is 10.9 Å². The largest absolute Gasteiger partial charge is 0.461 e. The van der Waals surface area contributed by atoms with Crippen molar-refractivity contribution in [3.8, 4) is 0 Å². The number of benzene rings is 1. The van der Waals surface area contributed by atoms with E-state index in [-0.39, 0.29) is 11.5 Å². The number of rotatable bonds is 3. The van der Waals surface area contributed by atoms with Gasteiger partial charge < -0.3 is 10.2 Å². The van der Waals surface area contributed by atoms with Crippen molar-refractivity contribution in [1.82, 2.24) is 0 Å². The summed E-state index contributed by atoms with van der Waals surface area (Å²) in [6.07, 6.45) is 0.922. The zero-order chi connectivity index (χ0) is 12.6. The Morgan fingerprint density at radius 3 is 2.65 bits per heavy atom. The van der Waals surface area contributed by atoms with Crippen molar-refractivity contribution in [2.24, 2.45) is 5.73 Å². The van der Waals surface area contributed by atoms with Crippen molar-refractivity contribution in [2.75, 3.05) is 0 Å². The first-order valence-electron chi connectivity index (χ1n) is 6.15. The molecule has 2 N–H and O–H groups in total. The van der Waals surface area contributed by atoms with Gasteiger partial charge in [-0.1, -0.05) is 25.5 Å². The highest BCUT2D eigenvalue weighted by molar-refractivity contribution is 5.78. The van der Waals surface area contributed by atoms with Crippen LogP contribution in [0.1, 0.15) is 38.5 Å². The standard InChI is InChI=1S/C15H21NO/c1-10-5-6-13-12(7-10)8-14(17-13)15(3,4)9-11(2)16/h5-8,11H,9,16H2,1-4H3. The quantitative estimate of drug-likeness (QED) is 0.873. The lowest BCUT2D eigenvalue weighted by Crippen LogP contribution is -2.27. The summed E-state index contributed by atoms with van der Waals surface area (Å²) in [6.45, 7) is 8.50. The molecule has 1 aromatic heterocycles. The molecule has 92 valence electrons. The van der Waals surface area contributed by atoms with Gasteiger partial charge >= 0.3 is 0 Å². The molecule has 0 fully saturated rings. The van der Waals surface area contributed by atoms with Crippen molar-refractivity contribution in [1.29, 1.82) is 0 Å². The molecule has 0 aliphatic carbocycles. The predicted molar refractivity (Wildman–Crippen MR) is 72.2 cm³/mol. The molecule has 1 heterocycles. The molecule has 2 nitrogen and oxygen atoms in total. The van der Waals surface area contributed by atoms with Crippen LogP contribution >= 0.6 is 0 Å². The second-order valence-electron chi connectivity index (χ2n) is 5.72. The Morgan fingerprint density at radius 2 is 2.00 bits per heavy atom. The second-order valence-corrected chi connectivity index (χ2v) is 5.72. The van der Waals surface area contributed by atoms with Crippen molar-refractivity contribution < 1.29 is 4.42 Å². The first kappa shape index (κ1) is 12.2. The van der Waals surface area contributed by atoms with E-state index in [0.29, 0.717) is 0 Å². The number of fused-ring (bicyclic) bond motifs is 1. The summed E-state index contributed by atoms with van der Waals surface area (Å²) in [5, 5.41) is 1.18. The van der Waals surface area contributed by atoms with Crippen LogP contribution in [0.4, 0.5) is 0 Å². The summed E-state index contributed by atoms with van der Waals surface area (Å²) < 4.78 is 5.93. The van der Waals surface area contributed by atoms with Gasteiger partial charge in [0, 0.05) is 16.8 Å². The van der Waals surface area contributed by atoms with Crippen LogP contribution in [-0.4, -0.2) is 6.04 Å². The van der Waals surface area contributed by atoms with Gasteiger partial charge in [0.05, 0.1) is 0 Å². The molecule has 0 bridgehead atoms. The lowest BCUT2D eigenvalue weighted by atomic mass is 9.84. The highest BCUT2D eigenvalue weighted by Gasteiger charge is 2.26. The maximum atomic E-state index is 5.93. The second kappa shape index (κ2) is 4.19. The molecule has 0 spiro atoms. The van der Waals surface area contributed by atoms with Crippen LogP contribution in [0.15, 0.2) is 28.7 Å². The van der Waals surface area contributed by atoms with Crippen molar-refractivity contribution >= 4 is 11.0 Å². The van der Waals surface area contributed by atoms with E-state index < -0.39 is 0 Å². The van der Waals surface area contributed by atoms with Gasteiger partial charge in [0.15, 0.2) is 0 Å². The fraction of sp³-hybridized carbons (Fsp3) is 0.467. The highest BCUT2D eigenvalue weighted by Crippen LogP contribution is 2.33. The van der Waals surface area contributed by atoms with Gasteiger partial charge in [0.25, 0.3) is 0 Å². The summed E-state index contributed by atoms with van der Waals surface area (Å²) in [4.78, 5) is 0. The van der Waals surface area contributed by atoms with Gasteiger partial charge in [0.2, 0.25) is 0 Å². The summed E-state index contributed by atoms with van der Waals surface area (Å²) in [7, 11) is 0. The van der Waals surface area contributed by atoms with Crippen molar-refractivity contribution in [3.63, 3.8) is 0 Å². The van der Waals surface area contributed by atoms with Crippen LogP contribution in [0.2, 0.25) is 0 Å². The van der Waals surface area contributed by atoms with E-state index >= 15 is 0 Å². The molecular weight excluding hydrogens is 210 g/mol. The normalized spacial score (nSPS) is 14.2. The maximum Gasteiger partial charge on any atom is 0.134 e. The summed E-state index contributed by atoms with van der Waals surface area (Å²) >= 11 is 0. The van der Waals surface area contributed by atoms with E-state index in [0.717, 1.165) is 17.8 Å². The average Bonchev–Trinajstić information content (AvgIpc) is 2.58. The van der Waals surface area contributed by atoms with Gasteiger partial charge in [-0.3, -0.25) is 0 Å². The predicted octanol–water partition coefficient (Wildman–Crippen LogP) is 3.76. The van der Waals surface area contributed by atoms with Crippen LogP contribution in [-0.2, 0) is 5.41 Å². The highest BCUT2D eigenvalue weighted by atomic mass is 16.3. The molecule has 0 radical (unpaired) electrons. The minimum Gasteiger partial charge on any atom is -0.461 e. The lowest BCUT2D eigenvalue weighted by molar-refractivity contribution is 0.358. The first-order valence-corrected chi connectivity index (χ1v) is 6.15. The number of nitrogens with two attached hydrogens (primary N) is 1. The van der Waals surface area contributed by atoms with Crippen molar-refractivity contribution in [2.45, 2.75) is 45.6 Å². The van der Waals surface area contributed by atoms with E-state index in [1.807, 2.05) is 13.0 Å². The molecule has 0 saturated heterocycles. The van der Waals surface area contributed by atoms with Crippen LogP contribution in [0.3, 0.4) is 0 Å². The Balaban J connectivity index is 2.42. The maximum absolute atomic E-state index is 5.93. The number of aryl methyl sites for hydroxylation is 1. The van der Waals surface area contributed by atoms with Crippen LogP contribution in [0, 0.1) is 6.92 Å². The van der Waals surface area contributed by atoms with Crippen LogP contribution in [0.5, 0.6) is 0 Å². The molecular formula is C15H21NO. The van der Waals surface area contributed by atoms with Gasteiger partial charge in [-0.25, -0.2) is 0 Å². The zero-order valence-corrected chi connectivity index (χ0v) is 11.1. The third-order valence-corrected chi connectivity index (χ3v) is 3.17. The molecule has 1 atom stereocenters. The average molecular weight is 231 g/mol. The summed E-state index contributed by atoms with van der Waals surface area (Å²) in [5.74, 6) is 1.02. The van der Waals surface area contributed by atoms with Gasteiger partial charge in [0.1, 0.15) is 11.3 Å². The minimum absolute atomic E-state index is 0.0128. The van der Waals surface area contributed by atoms with Crippen molar-refractivity contribution in [3.05, 3.63) is 35.6 Å². The summed E-state index contributed by atoms with van der Waals surface area (Å²) in [5.41, 5.74) is 8.10. The third-order valence-electron chi connectivity index (χ3n) is 3.17. The van der Waals surface area contributed by atoms with E-state index in [1.54, 1.807) is 0 Å². The van der Waals surface area contributed by atoms with Crippen LogP contribution < -0.4 is 5.73 Å². The fourth-order valence-electron chi connectivity index (χ4n) is 2.40. The van der Waals surface area contributed by atoms with E-state index in [9.17, 15) is 0 Å². The number of hydrogen-bond donors (Lipinski definition) is 1. The Hall–Kier alpha value is -1.28. The lowest BCUT2D eigenvalue weighted by Gasteiger charge is -2.23. The Kier molecular flexibility index (Phi) is 3.00. The molecule has 0 saturated carbocycles. The monoisotopic (exact) mass is 231 g/mol. The Labute approximate surface area is 103 Å². The van der Waals surface area contributed by atoms with E-state index in [4.69, 9.17) is 10.2 Å². The van der Waals surface area contributed by atoms with Gasteiger partial charge in [-0.15, -0.1) is 0 Å². The molecule has 0 aliphatic heterocycles. The Morgan fingerprint density at radius 1 is 1.29 bits per heavy atom. The minimum atomic E-state index is -0.0128. The molecule has 0 aliphatic rings. The molecule has 0 amide bonds. The fourth-order valence-corrected chi connectivity index (χ4v) is 2.40. The smallest absolute Gasteiger partial charge is 0.134 e.